The molecule has 1 aromatic heterocycles. The fraction of sp³-hybridized carbons (Fsp3) is 0.462. The molecule has 2 aromatic rings. The molecule has 5 nitrogen and oxygen atoms in total. The molecular weight excluding hydrogens is 262 g/mol. The maximum Gasteiger partial charge on any atom is 0.159 e. The Morgan fingerprint density at radius 1 is 1.16 bits per heavy atom. The Labute approximate surface area is 118 Å². The number of hydrogen-bond donors (Lipinski definition) is 1. The van der Waals surface area contributed by atoms with Crippen LogP contribution in [0.4, 0.5) is 0 Å². The van der Waals surface area contributed by atoms with Gasteiger partial charge in [0.15, 0.2) is 5.82 Å². The molecule has 1 aromatic carbocycles. The van der Waals surface area contributed by atoms with Gasteiger partial charge in [0.2, 0.25) is 0 Å². The van der Waals surface area contributed by atoms with E-state index in [9.17, 15) is 0 Å². The number of piperidine rings is 1. The second-order valence-corrected chi connectivity index (χ2v) is 4.81. The van der Waals surface area contributed by atoms with Gasteiger partial charge in [-0.05, 0) is 55.4 Å². The molecule has 2 heterocycles. The van der Waals surface area contributed by atoms with Crippen LogP contribution in [0, 0.1) is 6.92 Å². The van der Waals surface area contributed by atoms with E-state index in [0.717, 1.165) is 37.4 Å². The van der Waals surface area contributed by atoms with Crippen LogP contribution in [0.3, 0.4) is 0 Å². The molecular formula is C13H18ClN5. The van der Waals surface area contributed by atoms with Crippen molar-refractivity contribution >= 4 is 12.4 Å². The summed E-state index contributed by atoms with van der Waals surface area (Å²) in [4.78, 5) is 0. The van der Waals surface area contributed by atoms with E-state index in [-0.39, 0.29) is 12.4 Å². The Balaban J connectivity index is 0.00000133. The molecule has 3 rings (SSSR count). The van der Waals surface area contributed by atoms with Crippen molar-refractivity contribution in [2.75, 3.05) is 13.1 Å². The third kappa shape index (κ3) is 2.93. The first-order chi connectivity index (χ1) is 8.84. The number of nitrogens with zero attached hydrogens (tertiary/aromatic N) is 4. The second kappa shape index (κ2) is 6.12. The highest BCUT2D eigenvalue weighted by Gasteiger charge is 2.21. The molecule has 1 aliphatic heterocycles. The Bertz CT molecular complexity index is 516. The zero-order chi connectivity index (χ0) is 12.4. The van der Waals surface area contributed by atoms with Gasteiger partial charge < -0.3 is 5.32 Å². The van der Waals surface area contributed by atoms with Crippen molar-refractivity contribution in [3.63, 3.8) is 0 Å². The smallest absolute Gasteiger partial charge is 0.159 e. The summed E-state index contributed by atoms with van der Waals surface area (Å²) in [7, 11) is 0. The molecule has 6 heteroatoms. The number of benzene rings is 1. The summed E-state index contributed by atoms with van der Waals surface area (Å²) in [6.45, 7) is 4.17. The lowest BCUT2D eigenvalue weighted by molar-refractivity contribution is 0.438. The maximum absolute atomic E-state index is 4.21. The fourth-order valence-electron chi connectivity index (χ4n) is 2.40. The van der Waals surface area contributed by atoms with E-state index in [0.29, 0.717) is 5.92 Å². The van der Waals surface area contributed by atoms with Gasteiger partial charge >= 0.3 is 0 Å². The van der Waals surface area contributed by atoms with Crippen molar-refractivity contribution in [1.82, 2.24) is 25.5 Å². The van der Waals surface area contributed by atoms with E-state index in [1.54, 1.807) is 0 Å². The second-order valence-electron chi connectivity index (χ2n) is 4.81. The molecule has 19 heavy (non-hydrogen) atoms. The number of nitrogens with one attached hydrogen (secondary N) is 1. The Kier molecular flexibility index (Phi) is 4.50. The van der Waals surface area contributed by atoms with E-state index in [1.807, 2.05) is 4.68 Å². The molecule has 1 saturated heterocycles. The van der Waals surface area contributed by atoms with Crippen LogP contribution in [0.1, 0.15) is 30.1 Å². The topological polar surface area (TPSA) is 55.6 Å². The standard InChI is InChI=1S/C13H17N5.ClH/c1-10-2-4-12(5-3-10)18-13(15-16-17-18)11-6-8-14-9-7-11;/h2-5,11,14H,6-9H2,1H3;1H. The summed E-state index contributed by atoms with van der Waals surface area (Å²) in [6, 6.07) is 8.30. The third-order valence-corrected chi connectivity index (χ3v) is 3.48. The number of aromatic nitrogens is 4. The summed E-state index contributed by atoms with van der Waals surface area (Å²) in [6.07, 6.45) is 2.21. The van der Waals surface area contributed by atoms with E-state index >= 15 is 0 Å². The van der Waals surface area contributed by atoms with Crippen LogP contribution < -0.4 is 5.32 Å². The highest BCUT2D eigenvalue weighted by molar-refractivity contribution is 5.85. The molecule has 0 aliphatic carbocycles. The van der Waals surface area contributed by atoms with Crippen LogP contribution in [0.2, 0.25) is 0 Å². The number of tetrazole rings is 1. The van der Waals surface area contributed by atoms with Crippen LogP contribution in [0.5, 0.6) is 0 Å². The Hall–Kier alpha value is -1.46. The summed E-state index contributed by atoms with van der Waals surface area (Å²) < 4.78 is 1.87. The van der Waals surface area contributed by atoms with Gasteiger partial charge in [-0.2, -0.15) is 4.68 Å². The van der Waals surface area contributed by atoms with Crippen LogP contribution in [-0.2, 0) is 0 Å². The summed E-state index contributed by atoms with van der Waals surface area (Å²) in [5.41, 5.74) is 2.29. The summed E-state index contributed by atoms with van der Waals surface area (Å²) >= 11 is 0. The lowest BCUT2D eigenvalue weighted by Gasteiger charge is -2.21. The SMILES string of the molecule is Cc1ccc(-n2nnnc2C2CCNCC2)cc1.Cl. The average molecular weight is 280 g/mol. The fourth-order valence-corrected chi connectivity index (χ4v) is 2.40. The number of halogens is 1. The first-order valence-corrected chi connectivity index (χ1v) is 6.40. The minimum absolute atomic E-state index is 0. The van der Waals surface area contributed by atoms with Crippen molar-refractivity contribution in [2.24, 2.45) is 0 Å². The lowest BCUT2D eigenvalue weighted by atomic mass is 9.97. The molecule has 1 fully saturated rings. The van der Waals surface area contributed by atoms with Gasteiger partial charge in [-0.15, -0.1) is 17.5 Å². The highest BCUT2D eigenvalue weighted by atomic mass is 35.5. The third-order valence-electron chi connectivity index (χ3n) is 3.48. The molecule has 0 bridgehead atoms. The zero-order valence-electron chi connectivity index (χ0n) is 10.9. The van der Waals surface area contributed by atoms with E-state index < -0.39 is 0 Å². The summed E-state index contributed by atoms with van der Waals surface area (Å²) in [5, 5.41) is 15.5. The molecule has 1 N–H and O–H groups in total. The predicted octanol–water partition coefficient (Wildman–Crippen LogP) is 1.86. The van der Waals surface area contributed by atoms with Gasteiger partial charge in [0.05, 0.1) is 5.69 Å². The molecule has 0 spiro atoms. The van der Waals surface area contributed by atoms with Crippen molar-refractivity contribution in [3.8, 4) is 5.69 Å². The Morgan fingerprint density at radius 3 is 2.53 bits per heavy atom. The van der Waals surface area contributed by atoms with Crippen molar-refractivity contribution < 1.29 is 0 Å². The van der Waals surface area contributed by atoms with E-state index in [1.165, 1.54) is 5.56 Å². The van der Waals surface area contributed by atoms with Crippen LogP contribution in [0.15, 0.2) is 24.3 Å². The molecule has 0 amide bonds. The first-order valence-electron chi connectivity index (χ1n) is 6.40. The largest absolute Gasteiger partial charge is 0.317 e. The lowest BCUT2D eigenvalue weighted by Crippen LogP contribution is -2.28. The number of rotatable bonds is 2. The molecule has 0 saturated carbocycles. The quantitative estimate of drug-likeness (QED) is 0.912. The van der Waals surface area contributed by atoms with E-state index in [2.05, 4.69) is 52.0 Å². The monoisotopic (exact) mass is 279 g/mol. The average Bonchev–Trinajstić information content (AvgIpc) is 2.90. The van der Waals surface area contributed by atoms with Gasteiger partial charge in [0.1, 0.15) is 0 Å². The van der Waals surface area contributed by atoms with Crippen LogP contribution >= 0.6 is 12.4 Å². The van der Waals surface area contributed by atoms with Gasteiger partial charge in [-0.3, -0.25) is 0 Å². The minimum Gasteiger partial charge on any atom is -0.317 e. The molecule has 0 radical (unpaired) electrons. The van der Waals surface area contributed by atoms with Gasteiger partial charge in [-0.1, -0.05) is 17.7 Å². The van der Waals surface area contributed by atoms with Crippen LogP contribution in [-0.4, -0.2) is 33.3 Å². The number of aryl methyl sites for hydroxylation is 1. The first kappa shape index (κ1) is 14.0. The molecule has 102 valence electrons. The van der Waals surface area contributed by atoms with E-state index in [4.69, 9.17) is 0 Å². The molecule has 0 atom stereocenters. The molecule has 0 unspecified atom stereocenters. The van der Waals surface area contributed by atoms with Gasteiger partial charge in [0, 0.05) is 5.92 Å². The highest BCUT2D eigenvalue weighted by Crippen LogP contribution is 2.24. The van der Waals surface area contributed by atoms with Gasteiger partial charge in [0.25, 0.3) is 0 Å². The van der Waals surface area contributed by atoms with Gasteiger partial charge in [-0.25, -0.2) is 0 Å². The zero-order valence-corrected chi connectivity index (χ0v) is 11.7. The Morgan fingerprint density at radius 2 is 1.84 bits per heavy atom. The van der Waals surface area contributed by atoms with Crippen molar-refractivity contribution in [3.05, 3.63) is 35.7 Å². The molecule has 1 aliphatic rings. The van der Waals surface area contributed by atoms with Crippen molar-refractivity contribution in [2.45, 2.75) is 25.7 Å². The van der Waals surface area contributed by atoms with Crippen LogP contribution in [0.25, 0.3) is 5.69 Å². The minimum atomic E-state index is 0. The van der Waals surface area contributed by atoms with Crippen molar-refractivity contribution in [1.29, 1.82) is 0 Å². The normalized spacial score (nSPS) is 16.1. The maximum atomic E-state index is 4.21. The number of hydrogen-bond acceptors (Lipinski definition) is 4. The predicted molar refractivity (Wildman–Crippen MR) is 76.0 cm³/mol. The summed E-state index contributed by atoms with van der Waals surface area (Å²) in [5.74, 6) is 1.45.